The zero-order valence-electron chi connectivity index (χ0n) is 46.0. The fraction of sp³-hybridized carbons (Fsp3) is 0.128. The molecule has 2 nitrogen and oxygen atoms in total. The number of fused-ring (bicyclic) bond motifs is 11. The lowest BCUT2D eigenvalue weighted by Gasteiger charge is -2.33. The third kappa shape index (κ3) is 7.24. The van der Waals surface area contributed by atoms with Crippen LogP contribution in [0.3, 0.4) is 0 Å². The van der Waals surface area contributed by atoms with Crippen LogP contribution in [0.1, 0.15) is 75.6 Å². The molecule has 0 unspecified atom stereocenters. The molecular formula is C78H62N2. The van der Waals surface area contributed by atoms with Gasteiger partial charge in [-0.2, -0.15) is 0 Å². The Morgan fingerprint density at radius 2 is 0.600 bits per heavy atom. The molecule has 0 atom stereocenters. The summed E-state index contributed by atoms with van der Waals surface area (Å²) >= 11 is 0. The van der Waals surface area contributed by atoms with Crippen LogP contribution in [-0.2, 0) is 10.8 Å². The Kier molecular flexibility index (Phi) is 11.2. The molecule has 80 heavy (non-hydrogen) atoms. The van der Waals surface area contributed by atoms with Crippen molar-refractivity contribution < 1.29 is 0 Å². The SMILES string of the molecule is CCC1(CC)c2cc(N(c3ccc4ccccc4c3)c3ccc4ccccc4c3)ccc2-c2cc3cc4c(c(-c5ccccc5)c3cc21)-c1ccc(N(c2ccc3ccccc3c2)c2ccc3ccccc3c2)cc1C4(CC)CC. The Balaban J connectivity index is 0.925. The standard InChI is InChI=1S/C78H62N2/c1-5-77(6-2)71-48-65(79(61-34-30-51-20-12-16-26-56(51)42-61)62-35-31-52-21-13-17-27-57(52)43-62)38-40-67(71)70-46-60-47-74-76(75(69(60)50-73(70)77)55-24-10-9-11-25-55)68-41-39-66(49-72(68)78(74,7-3)8-4)80(63-36-32-53-22-14-18-28-58(53)44-63)64-37-33-54-23-15-19-29-59(54)45-64/h9-50H,5-8H2,1-4H3. The Bertz CT molecular complexity index is 4460. The van der Waals surface area contributed by atoms with Gasteiger partial charge in [-0.05, 0) is 226 Å². The molecule has 2 heteroatoms. The summed E-state index contributed by atoms with van der Waals surface area (Å²) in [5, 5.41) is 12.5. The first-order valence-electron chi connectivity index (χ1n) is 29.0. The molecule has 0 fully saturated rings. The molecule has 0 saturated carbocycles. The normalized spacial score (nSPS) is 13.7. The summed E-state index contributed by atoms with van der Waals surface area (Å²) < 4.78 is 0. The van der Waals surface area contributed by atoms with Crippen LogP contribution < -0.4 is 9.80 Å². The highest BCUT2D eigenvalue weighted by Crippen LogP contribution is 2.61. The van der Waals surface area contributed by atoms with Gasteiger partial charge in [-0.15, -0.1) is 0 Å². The predicted molar refractivity (Wildman–Crippen MR) is 342 cm³/mol. The van der Waals surface area contributed by atoms with E-state index in [0.29, 0.717) is 0 Å². The molecule has 384 valence electrons. The Hall–Kier alpha value is -9.24. The van der Waals surface area contributed by atoms with Crippen molar-refractivity contribution >= 4 is 88.0 Å². The summed E-state index contributed by atoms with van der Waals surface area (Å²) in [5.41, 5.74) is 20.3. The van der Waals surface area contributed by atoms with Crippen molar-refractivity contribution in [3.05, 3.63) is 277 Å². The minimum absolute atomic E-state index is 0.196. The fourth-order valence-electron chi connectivity index (χ4n) is 14.7. The van der Waals surface area contributed by atoms with Gasteiger partial charge >= 0.3 is 0 Å². The van der Waals surface area contributed by atoms with Crippen LogP contribution in [0.2, 0.25) is 0 Å². The van der Waals surface area contributed by atoms with Crippen LogP contribution in [0.5, 0.6) is 0 Å². The lowest BCUT2D eigenvalue weighted by molar-refractivity contribution is 0.490. The molecule has 0 spiro atoms. The molecule has 0 amide bonds. The molecule has 0 aromatic heterocycles. The fourth-order valence-corrected chi connectivity index (χ4v) is 14.7. The molecule has 0 N–H and O–H groups in total. The van der Waals surface area contributed by atoms with Crippen molar-refractivity contribution in [1.29, 1.82) is 0 Å². The average molecular weight is 1030 g/mol. The molecule has 0 bridgehead atoms. The van der Waals surface area contributed by atoms with Crippen molar-refractivity contribution in [2.24, 2.45) is 0 Å². The Morgan fingerprint density at radius 3 is 1.04 bits per heavy atom. The van der Waals surface area contributed by atoms with Crippen LogP contribution in [0, 0.1) is 0 Å². The van der Waals surface area contributed by atoms with Crippen molar-refractivity contribution in [2.75, 3.05) is 9.80 Å². The maximum atomic E-state index is 2.64. The molecule has 0 radical (unpaired) electrons. The van der Waals surface area contributed by atoms with Gasteiger partial charge in [-0.3, -0.25) is 0 Å². The van der Waals surface area contributed by atoms with Gasteiger partial charge in [-0.1, -0.05) is 191 Å². The summed E-state index contributed by atoms with van der Waals surface area (Å²) in [6.45, 7) is 9.65. The largest absolute Gasteiger partial charge is 0.310 e. The molecular weight excluding hydrogens is 965 g/mol. The summed E-state index contributed by atoms with van der Waals surface area (Å²) in [5.74, 6) is 0. The number of nitrogens with zero attached hydrogens (tertiary/aromatic N) is 2. The van der Waals surface area contributed by atoms with Gasteiger partial charge in [0.15, 0.2) is 0 Å². The maximum absolute atomic E-state index is 2.64. The molecule has 15 rings (SSSR count). The summed E-state index contributed by atoms with van der Waals surface area (Å²) in [6, 6.07) is 96.5. The smallest absolute Gasteiger partial charge is 0.0468 e. The van der Waals surface area contributed by atoms with Crippen LogP contribution in [0.4, 0.5) is 34.1 Å². The van der Waals surface area contributed by atoms with Gasteiger partial charge in [0.2, 0.25) is 0 Å². The van der Waals surface area contributed by atoms with E-state index < -0.39 is 0 Å². The minimum Gasteiger partial charge on any atom is -0.310 e. The van der Waals surface area contributed by atoms with E-state index in [1.165, 1.54) is 121 Å². The third-order valence-corrected chi connectivity index (χ3v) is 18.9. The Labute approximate surface area is 469 Å². The first-order chi connectivity index (χ1) is 39.4. The highest BCUT2D eigenvalue weighted by atomic mass is 15.1. The highest BCUT2D eigenvalue weighted by molar-refractivity contribution is 6.11. The van der Waals surface area contributed by atoms with E-state index in [1.54, 1.807) is 0 Å². The zero-order chi connectivity index (χ0) is 53.7. The van der Waals surface area contributed by atoms with Gasteiger partial charge < -0.3 is 9.80 Å². The second-order valence-corrected chi connectivity index (χ2v) is 22.5. The van der Waals surface area contributed by atoms with Gasteiger partial charge in [0.05, 0.1) is 0 Å². The number of rotatable bonds is 11. The second-order valence-electron chi connectivity index (χ2n) is 22.5. The van der Waals surface area contributed by atoms with Gasteiger partial charge in [0.25, 0.3) is 0 Å². The van der Waals surface area contributed by atoms with Crippen molar-refractivity contribution in [3.63, 3.8) is 0 Å². The summed E-state index contributed by atoms with van der Waals surface area (Å²) in [6.07, 6.45) is 3.94. The number of anilines is 6. The van der Waals surface area contributed by atoms with E-state index in [2.05, 4.69) is 292 Å². The van der Waals surface area contributed by atoms with Crippen LogP contribution in [0.15, 0.2) is 255 Å². The van der Waals surface area contributed by atoms with Crippen LogP contribution >= 0.6 is 0 Å². The monoisotopic (exact) mass is 1030 g/mol. The lowest BCUT2D eigenvalue weighted by Crippen LogP contribution is -2.24. The quantitative estimate of drug-likeness (QED) is 0.127. The first kappa shape index (κ1) is 47.9. The molecule has 0 aliphatic heterocycles. The highest BCUT2D eigenvalue weighted by Gasteiger charge is 2.45. The van der Waals surface area contributed by atoms with Crippen LogP contribution in [0.25, 0.3) is 87.2 Å². The molecule has 2 aliphatic carbocycles. The number of benzene rings is 13. The minimum atomic E-state index is -0.214. The predicted octanol–water partition coefficient (Wildman–Crippen LogP) is 22.2. The van der Waals surface area contributed by atoms with Crippen molar-refractivity contribution in [1.82, 2.24) is 0 Å². The second kappa shape index (κ2) is 18.7. The first-order valence-corrected chi connectivity index (χ1v) is 29.0. The maximum Gasteiger partial charge on any atom is 0.0468 e. The van der Waals surface area contributed by atoms with Gasteiger partial charge in [0.1, 0.15) is 0 Å². The average Bonchev–Trinajstić information content (AvgIpc) is 3.40. The van der Waals surface area contributed by atoms with Gasteiger partial charge in [0, 0.05) is 45.0 Å². The molecule has 0 heterocycles. The molecule has 13 aromatic rings. The van der Waals surface area contributed by atoms with E-state index in [4.69, 9.17) is 0 Å². The summed E-state index contributed by atoms with van der Waals surface area (Å²) in [7, 11) is 0. The molecule has 0 saturated heterocycles. The van der Waals surface area contributed by atoms with E-state index >= 15 is 0 Å². The lowest BCUT2D eigenvalue weighted by atomic mass is 9.71. The van der Waals surface area contributed by atoms with Crippen LogP contribution in [-0.4, -0.2) is 0 Å². The topological polar surface area (TPSA) is 6.48 Å². The zero-order valence-corrected chi connectivity index (χ0v) is 46.0. The molecule has 13 aromatic carbocycles. The van der Waals surface area contributed by atoms with Crippen molar-refractivity contribution in [2.45, 2.75) is 64.2 Å². The van der Waals surface area contributed by atoms with E-state index in [-0.39, 0.29) is 10.8 Å². The Morgan fingerprint density at radius 1 is 0.250 bits per heavy atom. The number of hydrogen-bond donors (Lipinski definition) is 0. The van der Waals surface area contributed by atoms with E-state index in [0.717, 1.165) is 48.4 Å². The third-order valence-electron chi connectivity index (χ3n) is 18.9. The summed E-state index contributed by atoms with van der Waals surface area (Å²) in [4.78, 5) is 4.96. The van der Waals surface area contributed by atoms with E-state index in [9.17, 15) is 0 Å². The van der Waals surface area contributed by atoms with E-state index in [1.807, 2.05) is 0 Å². The molecule has 2 aliphatic rings. The van der Waals surface area contributed by atoms with Gasteiger partial charge in [-0.25, -0.2) is 0 Å². The van der Waals surface area contributed by atoms with Crippen molar-refractivity contribution in [3.8, 4) is 33.4 Å². The number of hydrogen-bond acceptors (Lipinski definition) is 2.